The Balaban J connectivity index is 0.000000321. The molecule has 0 aliphatic heterocycles. The number of amides is 1. The molecule has 4 N–H and O–H groups in total. The lowest BCUT2D eigenvalue weighted by Crippen LogP contribution is -2.44. The van der Waals surface area contributed by atoms with E-state index < -0.39 is 12.1 Å². The molecule has 11 heteroatoms. The zero-order chi connectivity index (χ0) is 20.4. The maximum absolute atomic E-state index is 12.2. The Kier molecular flexibility index (Phi) is 6.34. The second-order valence-electron chi connectivity index (χ2n) is 6.85. The molecule has 1 aromatic rings. The summed E-state index contributed by atoms with van der Waals surface area (Å²) in [6.07, 6.45) is -0.186. The van der Waals surface area contributed by atoms with Gasteiger partial charge in [-0.1, -0.05) is 0 Å². The normalized spacial score (nSPS) is 26.3. The molecule has 2 aliphatic rings. The van der Waals surface area contributed by atoms with Gasteiger partial charge in [0.15, 0.2) is 0 Å². The summed E-state index contributed by atoms with van der Waals surface area (Å²) in [5.74, 6) is -0.681. The van der Waals surface area contributed by atoms with E-state index in [2.05, 4.69) is 10.4 Å². The average Bonchev–Trinajstić information content (AvgIpc) is 3.11. The Morgan fingerprint density at radius 3 is 2.52 bits per heavy atom. The van der Waals surface area contributed by atoms with Gasteiger partial charge >= 0.3 is 12.1 Å². The van der Waals surface area contributed by atoms with E-state index in [1.807, 2.05) is 13.2 Å². The quantitative estimate of drug-likeness (QED) is 0.705. The van der Waals surface area contributed by atoms with Crippen LogP contribution in [0, 0.1) is 17.8 Å². The van der Waals surface area contributed by atoms with Gasteiger partial charge in [-0.05, 0) is 31.1 Å². The summed E-state index contributed by atoms with van der Waals surface area (Å²) >= 11 is 0. The number of carbonyl (C=O) groups is 2. The summed E-state index contributed by atoms with van der Waals surface area (Å²) in [6, 6.07) is 0.316. The summed E-state index contributed by atoms with van der Waals surface area (Å²) in [4.78, 5) is 21.1. The highest BCUT2D eigenvalue weighted by Crippen LogP contribution is 2.48. The van der Waals surface area contributed by atoms with Crippen molar-refractivity contribution in [3.8, 4) is 5.88 Å². The first-order chi connectivity index (χ1) is 12.5. The van der Waals surface area contributed by atoms with E-state index in [9.17, 15) is 18.0 Å². The van der Waals surface area contributed by atoms with Crippen LogP contribution in [0.2, 0.25) is 0 Å². The number of methoxy groups -OCH3 is 1. The molecule has 0 saturated heterocycles. The first kappa shape index (κ1) is 21.0. The van der Waals surface area contributed by atoms with E-state index in [0.29, 0.717) is 30.3 Å². The number of alkyl halides is 3. The molecule has 2 fully saturated rings. The van der Waals surface area contributed by atoms with Crippen LogP contribution in [0.5, 0.6) is 5.88 Å². The molecule has 3 rings (SSSR count). The molecule has 4 atom stereocenters. The Morgan fingerprint density at radius 2 is 2.04 bits per heavy atom. The highest BCUT2D eigenvalue weighted by molar-refractivity contribution is 5.79. The predicted octanol–water partition coefficient (Wildman–Crippen LogP) is 1.05. The van der Waals surface area contributed by atoms with Crippen molar-refractivity contribution in [1.82, 2.24) is 15.1 Å². The van der Waals surface area contributed by atoms with Crippen LogP contribution in [0.15, 0.2) is 6.20 Å². The number of carboxylic acid groups (broad SMARTS) is 1. The minimum atomic E-state index is -5.08. The largest absolute Gasteiger partial charge is 0.490 e. The average molecular weight is 392 g/mol. The molecule has 0 bridgehead atoms. The number of halogens is 3. The SMILES string of the molecule is COc1nn(C)cc1CNC(=O)C1C[C@@H]2C[C@H](N)[C@@H]2C1.O=C(O)C(F)(F)F. The van der Waals surface area contributed by atoms with E-state index in [-0.39, 0.29) is 11.8 Å². The first-order valence-electron chi connectivity index (χ1n) is 8.42. The van der Waals surface area contributed by atoms with Gasteiger partial charge in [0.25, 0.3) is 0 Å². The molecule has 1 heterocycles. The lowest BCUT2D eigenvalue weighted by molar-refractivity contribution is -0.192. The third-order valence-electron chi connectivity index (χ3n) is 5.00. The summed E-state index contributed by atoms with van der Waals surface area (Å²) in [6.45, 7) is 0.466. The molecule has 0 aromatic carbocycles. The van der Waals surface area contributed by atoms with E-state index in [1.54, 1.807) is 11.8 Å². The molecule has 2 aliphatic carbocycles. The fourth-order valence-electron chi connectivity index (χ4n) is 3.63. The minimum absolute atomic E-state index is 0.126. The lowest BCUT2D eigenvalue weighted by atomic mass is 9.72. The molecule has 0 spiro atoms. The Hall–Kier alpha value is -2.30. The third-order valence-corrected chi connectivity index (χ3v) is 5.00. The highest BCUT2D eigenvalue weighted by atomic mass is 19.4. The Labute approximate surface area is 153 Å². The number of aryl methyl sites for hydroxylation is 1. The number of nitrogens with zero attached hydrogens (tertiary/aromatic N) is 2. The number of aromatic nitrogens is 2. The van der Waals surface area contributed by atoms with Crippen LogP contribution in [-0.2, 0) is 23.2 Å². The molecule has 2 saturated carbocycles. The zero-order valence-electron chi connectivity index (χ0n) is 15.0. The van der Waals surface area contributed by atoms with E-state index in [4.69, 9.17) is 20.4 Å². The third kappa shape index (κ3) is 5.12. The number of carboxylic acids is 1. The van der Waals surface area contributed by atoms with E-state index >= 15 is 0 Å². The van der Waals surface area contributed by atoms with Crippen LogP contribution in [-0.4, -0.2) is 46.1 Å². The van der Waals surface area contributed by atoms with Gasteiger partial charge in [0.05, 0.1) is 12.7 Å². The summed E-state index contributed by atoms with van der Waals surface area (Å²) in [5.41, 5.74) is 6.88. The molecule has 27 heavy (non-hydrogen) atoms. The number of rotatable bonds is 4. The van der Waals surface area contributed by atoms with Crippen molar-refractivity contribution < 1.29 is 32.6 Å². The highest BCUT2D eigenvalue weighted by Gasteiger charge is 2.47. The number of hydrogen-bond donors (Lipinski definition) is 3. The topological polar surface area (TPSA) is 119 Å². The van der Waals surface area contributed by atoms with Gasteiger partial charge in [0, 0.05) is 31.7 Å². The van der Waals surface area contributed by atoms with Gasteiger partial charge in [0.1, 0.15) is 0 Å². The summed E-state index contributed by atoms with van der Waals surface area (Å²) in [7, 11) is 3.42. The van der Waals surface area contributed by atoms with Gasteiger partial charge in [-0.2, -0.15) is 13.2 Å². The number of aliphatic carboxylic acids is 1. The number of carbonyl (C=O) groups excluding carboxylic acids is 1. The van der Waals surface area contributed by atoms with Gasteiger partial charge in [-0.25, -0.2) is 4.79 Å². The maximum atomic E-state index is 12.2. The molecule has 8 nitrogen and oxygen atoms in total. The Morgan fingerprint density at radius 1 is 1.41 bits per heavy atom. The predicted molar refractivity (Wildman–Crippen MR) is 87.6 cm³/mol. The second kappa shape index (κ2) is 8.15. The van der Waals surface area contributed by atoms with Crippen molar-refractivity contribution in [3.63, 3.8) is 0 Å². The molecular weight excluding hydrogens is 369 g/mol. The minimum Gasteiger partial charge on any atom is -0.480 e. The van der Waals surface area contributed by atoms with Crippen LogP contribution < -0.4 is 15.8 Å². The van der Waals surface area contributed by atoms with Crippen molar-refractivity contribution >= 4 is 11.9 Å². The lowest BCUT2D eigenvalue weighted by Gasteiger charge is -2.37. The smallest absolute Gasteiger partial charge is 0.480 e. The molecule has 1 aromatic heterocycles. The number of fused-ring (bicyclic) bond motifs is 1. The van der Waals surface area contributed by atoms with Crippen LogP contribution >= 0.6 is 0 Å². The van der Waals surface area contributed by atoms with Gasteiger partial charge in [-0.15, -0.1) is 5.10 Å². The number of nitrogens with one attached hydrogen (secondary N) is 1. The molecule has 0 radical (unpaired) electrons. The molecule has 1 amide bonds. The van der Waals surface area contributed by atoms with Crippen LogP contribution in [0.25, 0.3) is 0 Å². The Bertz CT molecular complexity index is 692. The van der Waals surface area contributed by atoms with Crippen LogP contribution in [0.4, 0.5) is 13.2 Å². The van der Waals surface area contributed by atoms with Crippen molar-refractivity contribution in [3.05, 3.63) is 11.8 Å². The van der Waals surface area contributed by atoms with Crippen molar-refractivity contribution in [1.29, 1.82) is 0 Å². The van der Waals surface area contributed by atoms with Crippen LogP contribution in [0.1, 0.15) is 24.8 Å². The maximum Gasteiger partial charge on any atom is 0.490 e. The van der Waals surface area contributed by atoms with Gasteiger partial charge < -0.3 is 20.9 Å². The molecule has 152 valence electrons. The van der Waals surface area contributed by atoms with E-state index in [0.717, 1.165) is 24.8 Å². The van der Waals surface area contributed by atoms with Crippen molar-refractivity contribution in [2.75, 3.05) is 7.11 Å². The first-order valence-corrected chi connectivity index (χ1v) is 8.42. The summed E-state index contributed by atoms with van der Waals surface area (Å²) < 4.78 is 38.6. The monoisotopic (exact) mass is 392 g/mol. The molecule has 1 unspecified atom stereocenters. The number of ether oxygens (including phenoxy) is 1. The van der Waals surface area contributed by atoms with Gasteiger partial charge in [0.2, 0.25) is 11.8 Å². The second-order valence-corrected chi connectivity index (χ2v) is 6.85. The van der Waals surface area contributed by atoms with Crippen LogP contribution in [0.3, 0.4) is 0 Å². The fourth-order valence-corrected chi connectivity index (χ4v) is 3.63. The van der Waals surface area contributed by atoms with Gasteiger partial charge in [-0.3, -0.25) is 9.48 Å². The zero-order valence-corrected chi connectivity index (χ0v) is 15.0. The standard InChI is InChI=1S/C14H22N4O2.C2HF3O2/c1-18-7-10(14(17-18)20-2)6-16-13(19)9-3-8-5-12(15)11(8)4-9;3-2(4,5)1(6)7/h7-9,11-12H,3-6,15H2,1-2H3,(H,16,19);(H,6,7)/t8-,9?,11-,12+;/m1./s1. The molecular formula is C16H23F3N4O4. The van der Waals surface area contributed by atoms with E-state index in [1.165, 1.54) is 0 Å². The number of hydrogen-bond acceptors (Lipinski definition) is 5. The number of nitrogens with two attached hydrogens (primary N) is 1. The van der Waals surface area contributed by atoms with Crippen molar-refractivity contribution in [2.45, 2.75) is 38.0 Å². The van der Waals surface area contributed by atoms with Crippen molar-refractivity contribution in [2.24, 2.45) is 30.5 Å². The summed E-state index contributed by atoms with van der Waals surface area (Å²) in [5, 5.41) is 14.3. The fraction of sp³-hybridized carbons (Fsp3) is 0.688.